The van der Waals surface area contributed by atoms with Crippen molar-refractivity contribution in [2.75, 3.05) is 13.1 Å². The maximum absolute atomic E-state index is 12.8. The maximum Gasteiger partial charge on any atom is 0.391 e. The third-order valence-corrected chi connectivity index (χ3v) is 6.32. The lowest BCUT2D eigenvalue weighted by Crippen LogP contribution is -2.42. The zero-order valence-electron chi connectivity index (χ0n) is 13.8. The highest BCUT2D eigenvalue weighted by molar-refractivity contribution is 7.13. The second-order valence-electron chi connectivity index (χ2n) is 6.83. The van der Waals surface area contributed by atoms with E-state index in [-0.39, 0.29) is 37.5 Å². The second-order valence-corrected chi connectivity index (χ2v) is 7.89. The molecule has 1 aliphatic carbocycles. The Labute approximate surface area is 148 Å². The highest BCUT2D eigenvalue weighted by Gasteiger charge is 2.42. The van der Waals surface area contributed by atoms with Gasteiger partial charge in [0.05, 0.1) is 15.8 Å². The van der Waals surface area contributed by atoms with Gasteiger partial charge in [-0.15, -0.1) is 11.3 Å². The first-order valence-corrected chi connectivity index (χ1v) is 9.53. The first-order chi connectivity index (χ1) is 11.9. The minimum atomic E-state index is -4.21. The van der Waals surface area contributed by atoms with E-state index in [0.29, 0.717) is 11.2 Å². The number of carbonyl (C=O) groups excluding carboxylic acids is 2. The van der Waals surface area contributed by atoms with Crippen molar-refractivity contribution >= 4 is 23.5 Å². The van der Waals surface area contributed by atoms with E-state index in [0.717, 1.165) is 30.7 Å². The molecule has 0 atom stereocenters. The molecule has 2 heterocycles. The number of hydrogen-bond acceptors (Lipinski definition) is 4. The van der Waals surface area contributed by atoms with Crippen LogP contribution in [0.4, 0.5) is 13.2 Å². The van der Waals surface area contributed by atoms with Crippen molar-refractivity contribution in [2.45, 2.75) is 57.0 Å². The molecule has 2 aliphatic rings. The highest BCUT2D eigenvalue weighted by Crippen LogP contribution is 2.37. The van der Waals surface area contributed by atoms with Gasteiger partial charge in [-0.25, -0.2) is 4.98 Å². The van der Waals surface area contributed by atoms with Crippen LogP contribution in [0.5, 0.6) is 0 Å². The lowest BCUT2D eigenvalue weighted by molar-refractivity contribution is -0.183. The Bertz CT molecular complexity index is 630. The zero-order chi connectivity index (χ0) is 18.0. The Morgan fingerprint density at radius 2 is 1.76 bits per heavy atom. The fraction of sp³-hybridized carbons (Fsp3) is 0.706. The van der Waals surface area contributed by atoms with Crippen molar-refractivity contribution < 1.29 is 22.8 Å². The fourth-order valence-electron chi connectivity index (χ4n) is 3.67. The van der Waals surface area contributed by atoms with Crippen molar-refractivity contribution in [1.82, 2.24) is 9.88 Å². The van der Waals surface area contributed by atoms with Crippen LogP contribution in [0.3, 0.4) is 0 Å². The number of alkyl halides is 3. The minimum absolute atomic E-state index is 0.0532. The molecule has 0 radical (unpaired) electrons. The van der Waals surface area contributed by atoms with Crippen molar-refractivity contribution in [1.29, 1.82) is 0 Å². The molecule has 0 unspecified atom stereocenters. The van der Waals surface area contributed by atoms with Crippen LogP contribution in [0.1, 0.15) is 76.0 Å². The van der Waals surface area contributed by atoms with E-state index in [4.69, 9.17) is 0 Å². The van der Waals surface area contributed by atoms with E-state index >= 15 is 0 Å². The number of likely N-dealkylation sites (tertiary alicyclic amines) is 1. The number of carbonyl (C=O) groups is 2. The van der Waals surface area contributed by atoms with Gasteiger partial charge in [0.1, 0.15) is 5.69 Å². The Morgan fingerprint density at radius 3 is 2.32 bits per heavy atom. The summed E-state index contributed by atoms with van der Waals surface area (Å²) in [6.45, 7) is 0.106. The number of nitrogens with zero attached hydrogens (tertiary/aromatic N) is 2. The van der Waals surface area contributed by atoms with Gasteiger partial charge < -0.3 is 4.90 Å². The Morgan fingerprint density at radius 1 is 1.12 bits per heavy atom. The average Bonchev–Trinajstić information content (AvgIpc) is 3.05. The molecule has 8 heteroatoms. The molecule has 4 nitrogen and oxygen atoms in total. The number of aromatic nitrogens is 1. The Balaban J connectivity index is 1.71. The van der Waals surface area contributed by atoms with E-state index in [2.05, 4.69) is 4.98 Å². The second kappa shape index (κ2) is 7.43. The van der Waals surface area contributed by atoms with Crippen molar-refractivity contribution in [3.63, 3.8) is 0 Å². The first kappa shape index (κ1) is 18.4. The Kier molecular flexibility index (Phi) is 5.46. The smallest absolute Gasteiger partial charge is 0.337 e. The first-order valence-electron chi connectivity index (χ1n) is 8.72. The van der Waals surface area contributed by atoms with Crippen LogP contribution >= 0.6 is 11.3 Å². The van der Waals surface area contributed by atoms with Crippen molar-refractivity contribution in [3.05, 3.63) is 15.6 Å². The number of hydrogen-bond donors (Lipinski definition) is 0. The molecule has 1 saturated heterocycles. The van der Waals surface area contributed by atoms with Gasteiger partial charge in [0.2, 0.25) is 0 Å². The molecule has 1 aliphatic heterocycles. The molecule has 3 rings (SSSR count). The van der Waals surface area contributed by atoms with Gasteiger partial charge in [0, 0.05) is 19.0 Å². The predicted octanol–water partition coefficient (Wildman–Crippen LogP) is 4.42. The van der Waals surface area contributed by atoms with Gasteiger partial charge in [-0.3, -0.25) is 9.59 Å². The van der Waals surface area contributed by atoms with Gasteiger partial charge >= 0.3 is 6.18 Å². The number of aldehydes is 1. The third-order valence-electron chi connectivity index (χ3n) is 5.18. The van der Waals surface area contributed by atoms with E-state index in [9.17, 15) is 22.8 Å². The summed E-state index contributed by atoms with van der Waals surface area (Å²) in [5.74, 6) is -1.48. The molecule has 1 saturated carbocycles. The maximum atomic E-state index is 12.8. The monoisotopic (exact) mass is 374 g/mol. The number of amides is 1. The summed E-state index contributed by atoms with van der Waals surface area (Å²) in [5, 5.41) is 0.815. The molecule has 138 valence electrons. The third kappa shape index (κ3) is 4.04. The summed E-state index contributed by atoms with van der Waals surface area (Å²) in [5.41, 5.74) is 0.117. The minimum Gasteiger partial charge on any atom is -0.337 e. The van der Waals surface area contributed by atoms with Crippen LogP contribution in [0.2, 0.25) is 0 Å². The summed E-state index contributed by atoms with van der Waals surface area (Å²) in [6, 6.07) is 0. The van der Waals surface area contributed by atoms with Crippen LogP contribution in [-0.2, 0) is 0 Å². The van der Waals surface area contributed by atoms with Crippen LogP contribution in [0.15, 0.2) is 0 Å². The molecule has 0 N–H and O–H groups in total. The van der Waals surface area contributed by atoms with Gasteiger partial charge in [0.15, 0.2) is 6.29 Å². The SMILES string of the molecule is O=Cc1sc(C2CCCCC2)nc1C(=O)N1CCC(C(F)(F)F)CC1. The highest BCUT2D eigenvalue weighted by atomic mass is 32.1. The van der Waals surface area contributed by atoms with Gasteiger partial charge in [0.25, 0.3) is 5.91 Å². The fourth-order valence-corrected chi connectivity index (χ4v) is 4.71. The molecule has 1 amide bonds. The lowest BCUT2D eigenvalue weighted by atomic mass is 9.90. The van der Waals surface area contributed by atoms with E-state index in [1.165, 1.54) is 22.7 Å². The van der Waals surface area contributed by atoms with Gasteiger partial charge in [-0.05, 0) is 25.7 Å². The normalized spacial score (nSPS) is 20.7. The van der Waals surface area contributed by atoms with E-state index in [1.807, 2.05) is 0 Å². The zero-order valence-corrected chi connectivity index (χ0v) is 14.7. The predicted molar refractivity (Wildman–Crippen MR) is 88.0 cm³/mol. The summed E-state index contributed by atoms with van der Waals surface area (Å²) >= 11 is 1.26. The van der Waals surface area contributed by atoms with Crippen LogP contribution in [0, 0.1) is 5.92 Å². The quantitative estimate of drug-likeness (QED) is 0.736. The number of halogens is 3. The standard InChI is InChI=1S/C17H21F3N2O2S/c18-17(19,20)12-6-8-22(9-7-12)16(24)14-13(10-23)25-15(21-14)11-4-2-1-3-5-11/h10-12H,1-9H2. The summed E-state index contributed by atoms with van der Waals surface area (Å²) in [4.78, 5) is 30.1. The molecule has 2 fully saturated rings. The Hall–Kier alpha value is -1.44. The van der Waals surface area contributed by atoms with Crippen LogP contribution in [0.25, 0.3) is 0 Å². The largest absolute Gasteiger partial charge is 0.391 e. The number of piperidine rings is 1. The number of rotatable bonds is 3. The molecular weight excluding hydrogens is 353 g/mol. The molecule has 0 aromatic carbocycles. The van der Waals surface area contributed by atoms with Crippen molar-refractivity contribution in [2.24, 2.45) is 5.92 Å². The van der Waals surface area contributed by atoms with E-state index in [1.54, 1.807) is 0 Å². The topological polar surface area (TPSA) is 50.3 Å². The molecule has 0 spiro atoms. The van der Waals surface area contributed by atoms with Crippen LogP contribution < -0.4 is 0 Å². The molecule has 1 aromatic heterocycles. The molecule has 1 aromatic rings. The van der Waals surface area contributed by atoms with Gasteiger partial charge in [-0.2, -0.15) is 13.2 Å². The summed E-state index contributed by atoms with van der Waals surface area (Å²) in [6.07, 6.45) is 1.70. The number of thiazole rings is 1. The molecule has 25 heavy (non-hydrogen) atoms. The molecular formula is C17H21F3N2O2S. The van der Waals surface area contributed by atoms with Crippen molar-refractivity contribution in [3.8, 4) is 0 Å². The van der Waals surface area contributed by atoms with Gasteiger partial charge in [-0.1, -0.05) is 19.3 Å². The summed E-state index contributed by atoms with van der Waals surface area (Å²) in [7, 11) is 0. The van der Waals surface area contributed by atoms with Crippen LogP contribution in [-0.4, -0.2) is 41.3 Å². The van der Waals surface area contributed by atoms with E-state index < -0.39 is 18.0 Å². The lowest BCUT2D eigenvalue weighted by Gasteiger charge is -2.32. The average molecular weight is 374 g/mol. The summed E-state index contributed by atoms with van der Waals surface area (Å²) < 4.78 is 38.3. The molecule has 0 bridgehead atoms.